The van der Waals surface area contributed by atoms with Gasteiger partial charge in [-0.05, 0) is 42.3 Å². The highest BCUT2D eigenvalue weighted by atomic mass is 16.5. The van der Waals surface area contributed by atoms with E-state index < -0.39 is 0 Å². The summed E-state index contributed by atoms with van der Waals surface area (Å²) in [6, 6.07) is 16.4. The van der Waals surface area contributed by atoms with Crippen LogP contribution < -0.4 is 10.1 Å². The van der Waals surface area contributed by atoms with Gasteiger partial charge < -0.3 is 10.1 Å². The molecule has 0 bridgehead atoms. The van der Waals surface area contributed by atoms with E-state index in [-0.39, 0.29) is 12.5 Å². The minimum absolute atomic E-state index is 0.0928. The maximum absolute atomic E-state index is 11.8. The van der Waals surface area contributed by atoms with Gasteiger partial charge in [-0.25, -0.2) is 0 Å². The lowest BCUT2D eigenvalue weighted by Gasteiger charge is -2.08. The number of nitrogens with one attached hydrogen (secondary N) is 1. The third-order valence-corrected chi connectivity index (χ3v) is 2.98. The first-order chi connectivity index (χ1) is 10.2. The van der Waals surface area contributed by atoms with Crippen LogP contribution in [0.3, 0.4) is 0 Å². The standard InChI is InChI=1S/C17H16N2O2/c1-2-13-6-8-15(9-7-13)19-17(20)12-21-16-5-3-4-14(10-16)11-18/h3-10H,2,12H2,1H3,(H,19,20). The third-order valence-electron chi connectivity index (χ3n) is 2.98. The number of anilines is 1. The molecule has 0 aliphatic carbocycles. The van der Waals surface area contributed by atoms with Crippen molar-refractivity contribution in [1.82, 2.24) is 0 Å². The van der Waals surface area contributed by atoms with Gasteiger partial charge >= 0.3 is 0 Å². The van der Waals surface area contributed by atoms with Gasteiger partial charge in [-0.3, -0.25) is 4.79 Å². The predicted octanol–water partition coefficient (Wildman–Crippen LogP) is 3.14. The zero-order chi connectivity index (χ0) is 15.1. The molecule has 0 radical (unpaired) electrons. The van der Waals surface area contributed by atoms with E-state index >= 15 is 0 Å². The maximum Gasteiger partial charge on any atom is 0.262 e. The van der Waals surface area contributed by atoms with Gasteiger partial charge in [0.25, 0.3) is 5.91 Å². The van der Waals surface area contributed by atoms with Crippen LogP contribution >= 0.6 is 0 Å². The average Bonchev–Trinajstić information content (AvgIpc) is 2.54. The molecular weight excluding hydrogens is 264 g/mol. The van der Waals surface area contributed by atoms with Crippen LogP contribution in [0.15, 0.2) is 48.5 Å². The van der Waals surface area contributed by atoms with Gasteiger partial charge in [0, 0.05) is 5.69 Å². The molecule has 21 heavy (non-hydrogen) atoms. The van der Waals surface area contributed by atoms with Gasteiger partial charge in [0.15, 0.2) is 6.61 Å². The largest absolute Gasteiger partial charge is 0.484 e. The zero-order valence-corrected chi connectivity index (χ0v) is 11.8. The van der Waals surface area contributed by atoms with Gasteiger partial charge in [0.05, 0.1) is 11.6 Å². The first-order valence-corrected chi connectivity index (χ1v) is 6.73. The molecule has 0 heterocycles. The Balaban J connectivity index is 1.88. The number of benzene rings is 2. The Labute approximate surface area is 124 Å². The minimum Gasteiger partial charge on any atom is -0.484 e. The summed E-state index contributed by atoms with van der Waals surface area (Å²) in [6.45, 7) is 1.99. The molecule has 106 valence electrons. The molecule has 2 aromatic carbocycles. The number of hydrogen-bond acceptors (Lipinski definition) is 3. The number of aryl methyl sites for hydroxylation is 1. The van der Waals surface area contributed by atoms with Gasteiger partial charge in [-0.15, -0.1) is 0 Å². The molecule has 1 N–H and O–H groups in total. The van der Waals surface area contributed by atoms with E-state index in [0.717, 1.165) is 12.1 Å². The van der Waals surface area contributed by atoms with Crippen LogP contribution in [0.2, 0.25) is 0 Å². The lowest BCUT2D eigenvalue weighted by atomic mass is 10.1. The fourth-order valence-corrected chi connectivity index (χ4v) is 1.83. The third kappa shape index (κ3) is 4.36. The Bertz CT molecular complexity index is 657. The van der Waals surface area contributed by atoms with Crippen molar-refractivity contribution in [3.8, 4) is 11.8 Å². The molecule has 4 heteroatoms. The number of amides is 1. The summed E-state index contributed by atoms with van der Waals surface area (Å²) in [5, 5.41) is 11.6. The number of carbonyl (C=O) groups excluding carboxylic acids is 1. The van der Waals surface area contributed by atoms with E-state index in [4.69, 9.17) is 10.00 Å². The van der Waals surface area contributed by atoms with Crippen molar-refractivity contribution >= 4 is 11.6 Å². The van der Waals surface area contributed by atoms with Crippen molar-refractivity contribution < 1.29 is 9.53 Å². The Morgan fingerprint density at radius 1 is 1.24 bits per heavy atom. The minimum atomic E-state index is -0.235. The molecule has 4 nitrogen and oxygen atoms in total. The van der Waals surface area contributed by atoms with Crippen LogP contribution in [0, 0.1) is 11.3 Å². The van der Waals surface area contributed by atoms with Gasteiger partial charge in [-0.1, -0.05) is 25.1 Å². The summed E-state index contributed by atoms with van der Waals surface area (Å²) in [5.41, 5.74) is 2.47. The number of rotatable bonds is 5. The van der Waals surface area contributed by atoms with Gasteiger partial charge in [-0.2, -0.15) is 5.26 Å². The van der Waals surface area contributed by atoms with Crippen LogP contribution in [-0.2, 0) is 11.2 Å². The number of ether oxygens (including phenoxy) is 1. The van der Waals surface area contributed by atoms with E-state index in [1.165, 1.54) is 5.56 Å². The van der Waals surface area contributed by atoms with E-state index in [9.17, 15) is 4.79 Å². The van der Waals surface area contributed by atoms with Gasteiger partial charge in [0.2, 0.25) is 0 Å². The molecule has 0 atom stereocenters. The molecular formula is C17H16N2O2. The summed E-state index contributed by atoms with van der Waals surface area (Å²) in [6.07, 6.45) is 0.965. The first-order valence-electron chi connectivity index (χ1n) is 6.73. The van der Waals surface area contributed by atoms with Crippen LogP contribution in [0.25, 0.3) is 0 Å². The smallest absolute Gasteiger partial charge is 0.262 e. The molecule has 2 aromatic rings. The van der Waals surface area contributed by atoms with Crippen molar-refractivity contribution in [2.75, 3.05) is 11.9 Å². The molecule has 0 fully saturated rings. The monoisotopic (exact) mass is 280 g/mol. The van der Waals surface area contributed by atoms with Crippen LogP contribution in [0.4, 0.5) is 5.69 Å². The molecule has 1 amide bonds. The average molecular weight is 280 g/mol. The lowest BCUT2D eigenvalue weighted by molar-refractivity contribution is -0.118. The fourth-order valence-electron chi connectivity index (χ4n) is 1.83. The normalized spacial score (nSPS) is 9.71. The molecule has 0 aliphatic rings. The summed E-state index contributed by atoms with van der Waals surface area (Å²) >= 11 is 0. The maximum atomic E-state index is 11.8. The topological polar surface area (TPSA) is 62.1 Å². The number of carbonyl (C=O) groups is 1. The second-order valence-corrected chi connectivity index (χ2v) is 4.53. The second kappa shape index (κ2) is 7.11. The van der Waals surface area contributed by atoms with E-state index in [1.54, 1.807) is 24.3 Å². The number of nitriles is 1. The van der Waals surface area contributed by atoms with E-state index in [2.05, 4.69) is 12.2 Å². The highest BCUT2D eigenvalue weighted by Crippen LogP contribution is 2.13. The Morgan fingerprint density at radius 2 is 2.00 bits per heavy atom. The molecule has 0 aliphatic heterocycles. The summed E-state index contributed by atoms with van der Waals surface area (Å²) in [5.74, 6) is 0.271. The fraction of sp³-hybridized carbons (Fsp3) is 0.176. The zero-order valence-electron chi connectivity index (χ0n) is 11.8. The molecule has 0 unspecified atom stereocenters. The van der Waals surface area contributed by atoms with E-state index in [1.807, 2.05) is 30.3 Å². The molecule has 0 spiro atoms. The quantitative estimate of drug-likeness (QED) is 0.915. The van der Waals surface area contributed by atoms with Crippen LogP contribution in [0.5, 0.6) is 5.75 Å². The van der Waals surface area contributed by atoms with Gasteiger partial charge in [0.1, 0.15) is 5.75 Å². The summed E-state index contributed by atoms with van der Waals surface area (Å²) in [7, 11) is 0. The predicted molar refractivity (Wildman–Crippen MR) is 81.1 cm³/mol. The van der Waals surface area contributed by atoms with Crippen LogP contribution in [-0.4, -0.2) is 12.5 Å². The Hall–Kier alpha value is -2.80. The first kappa shape index (κ1) is 14.6. The second-order valence-electron chi connectivity index (χ2n) is 4.53. The molecule has 2 rings (SSSR count). The molecule has 0 saturated carbocycles. The number of hydrogen-bond donors (Lipinski definition) is 1. The molecule has 0 saturated heterocycles. The lowest BCUT2D eigenvalue weighted by Crippen LogP contribution is -2.20. The summed E-state index contributed by atoms with van der Waals surface area (Å²) < 4.78 is 5.36. The summed E-state index contributed by atoms with van der Waals surface area (Å²) in [4.78, 5) is 11.8. The van der Waals surface area contributed by atoms with Crippen molar-refractivity contribution in [2.24, 2.45) is 0 Å². The highest BCUT2D eigenvalue weighted by Gasteiger charge is 2.04. The SMILES string of the molecule is CCc1ccc(NC(=O)COc2cccc(C#N)c2)cc1. The highest BCUT2D eigenvalue weighted by molar-refractivity contribution is 5.91. The Morgan fingerprint density at radius 3 is 2.67 bits per heavy atom. The van der Waals surface area contributed by atoms with Crippen molar-refractivity contribution in [3.05, 3.63) is 59.7 Å². The Kier molecular flexibility index (Phi) is 4.94. The number of nitrogens with zero attached hydrogens (tertiary/aromatic N) is 1. The van der Waals surface area contributed by atoms with E-state index in [0.29, 0.717) is 11.3 Å². The van der Waals surface area contributed by atoms with Crippen molar-refractivity contribution in [2.45, 2.75) is 13.3 Å². The van der Waals surface area contributed by atoms with Crippen molar-refractivity contribution in [1.29, 1.82) is 5.26 Å². The molecule has 0 aromatic heterocycles. The van der Waals surface area contributed by atoms with Crippen molar-refractivity contribution in [3.63, 3.8) is 0 Å². The van der Waals surface area contributed by atoms with Crippen LogP contribution in [0.1, 0.15) is 18.1 Å².